The molecule has 7 rings (SSSR count). The molecule has 2 aromatic carbocycles. The summed E-state index contributed by atoms with van der Waals surface area (Å²) in [5, 5.41) is 19.2. The number of hydrogen-bond acceptors (Lipinski definition) is 10. The molecule has 5 atom stereocenters. The zero-order chi connectivity index (χ0) is 37.0. The van der Waals surface area contributed by atoms with Crippen molar-refractivity contribution >= 4 is 67.4 Å². The van der Waals surface area contributed by atoms with Gasteiger partial charge in [0.15, 0.2) is 10.6 Å². The number of hydrogen-bond donors (Lipinski definition) is 4. The van der Waals surface area contributed by atoms with E-state index in [2.05, 4.69) is 27.7 Å². The van der Waals surface area contributed by atoms with Crippen molar-refractivity contribution in [3.63, 3.8) is 0 Å². The molecule has 1 unspecified atom stereocenters. The second-order valence-electron chi connectivity index (χ2n) is 12.3. The van der Waals surface area contributed by atoms with Crippen LogP contribution in [-0.2, 0) is 47.7 Å². The number of methoxy groups -OCH3 is 2. The van der Waals surface area contributed by atoms with Crippen LogP contribution in [0.2, 0.25) is 0 Å². The molecule has 0 bridgehead atoms. The predicted octanol–water partition coefficient (Wildman–Crippen LogP) is 1.72. The quantitative estimate of drug-likeness (QED) is 0.0524. The third kappa shape index (κ3) is 11.0. The number of carbonyl (C=O) groups is 3. The van der Waals surface area contributed by atoms with E-state index in [9.17, 15) is 31.9 Å². The summed E-state index contributed by atoms with van der Waals surface area (Å²) in [7, 11) is 2.55. The van der Waals surface area contributed by atoms with Crippen LogP contribution in [0.5, 0.6) is 0 Å². The number of aliphatic hydroxyl groups is 1. The number of benzene rings is 2. The molecular weight excluding hydrogens is 827 g/mol. The number of piperidine rings is 1. The fourth-order valence-electron chi connectivity index (χ4n) is 7.18. The second kappa shape index (κ2) is 22.2. The van der Waals surface area contributed by atoms with Crippen LogP contribution in [0.25, 0.3) is 0 Å². The number of H-pyrrole nitrogens is 1. The number of thiol groups is 1. The first-order chi connectivity index (χ1) is 23.8. The van der Waals surface area contributed by atoms with E-state index < -0.39 is 46.1 Å². The summed E-state index contributed by atoms with van der Waals surface area (Å²) in [6.45, 7) is 2.85. The van der Waals surface area contributed by atoms with Crippen LogP contribution in [0.4, 0.5) is 17.6 Å². The summed E-state index contributed by atoms with van der Waals surface area (Å²) in [4.78, 5) is 37.8. The summed E-state index contributed by atoms with van der Waals surface area (Å²) in [5.41, 5.74) is 1.36. The largest absolute Gasteiger partial charge is 1.00 e. The van der Waals surface area contributed by atoms with E-state index in [0.29, 0.717) is 41.1 Å². The van der Waals surface area contributed by atoms with Gasteiger partial charge in [0.05, 0.1) is 26.7 Å². The van der Waals surface area contributed by atoms with Crippen molar-refractivity contribution in [3.05, 3.63) is 87.0 Å². The molecule has 11 nitrogen and oxygen atoms in total. The number of imidazole rings is 1. The standard InChI is InChI=1S/C16H14F2N2O2S.C15H15F2NO3.C2H6O.CHNS.2ClH.K.H2O/c1-22-13(21)5-12-14-10-6-16(10,7-20(14)15(23)19-12)9-4-8(17)2-3-11(9)18;1-21-13(20)5-12(19)14-10-6-15(10,7-18-14)9-4-8(16)2-3-11(9)17;1-2-3;2-1-3;;;;/h2-4,10H,5-7H2,1H3,(H,19,23);2-4,10,14,18H,5-7H2,1H3;3H,2H2,1H3;3H;2*1H;;1H2/q;;;;;;+1;/t10-,16+;10-,14?,15+;;;;;;/m00....../s1. The van der Waals surface area contributed by atoms with E-state index in [4.69, 9.17) is 27.3 Å². The molecule has 4 aliphatic rings. The molecule has 3 aromatic rings. The van der Waals surface area contributed by atoms with Gasteiger partial charge in [-0.15, -0.1) is 24.8 Å². The maximum absolute atomic E-state index is 14.2. The number of esters is 2. The number of nitrogens with one attached hydrogen (secondary N) is 2. The molecule has 3 fully saturated rings. The summed E-state index contributed by atoms with van der Waals surface area (Å²) in [6, 6.07) is 6.45. The molecule has 1 saturated heterocycles. The van der Waals surface area contributed by atoms with Gasteiger partial charge in [0.2, 0.25) is 0 Å². The minimum absolute atomic E-state index is 0. The third-order valence-electron chi connectivity index (χ3n) is 9.49. The second-order valence-corrected chi connectivity index (χ2v) is 12.8. The number of halogens is 6. The van der Waals surface area contributed by atoms with Gasteiger partial charge in [-0.1, -0.05) is 12.6 Å². The molecule has 0 spiro atoms. The first-order valence-electron chi connectivity index (χ1n) is 15.5. The van der Waals surface area contributed by atoms with Gasteiger partial charge in [-0.3, -0.25) is 14.4 Å². The number of ketones is 1. The average Bonchev–Trinajstić information content (AvgIpc) is 3.86. The van der Waals surface area contributed by atoms with Gasteiger partial charge >= 0.3 is 63.3 Å². The molecule has 2 aliphatic heterocycles. The van der Waals surface area contributed by atoms with Crippen molar-refractivity contribution in [3.8, 4) is 5.40 Å². The molecule has 2 saturated carbocycles. The van der Waals surface area contributed by atoms with E-state index in [1.54, 1.807) is 6.92 Å². The number of aromatic amines is 1. The Morgan fingerprint density at radius 1 is 1.00 bits per heavy atom. The van der Waals surface area contributed by atoms with Crippen molar-refractivity contribution in [1.82, 2.24) is 14.9 Å². The van der Waals surface area contributed by atoms with Crippen LogP contribution >= 0.6 is 49.7 Å². The molecule has 54 heavy (non-hydrogen) atoms. The smallest absolute Gasteiger partial charge is 0.469 e. The topological polar surface area (TPSA) is 178 Å². The Hall–Kier alpha value is -1.86. The van der Waals surface area contributed by atoms with E-state index in [0.717, 1.165) is 30.3 Å². The number of fused-ring (bicyclic) bond motifs is 4. The van der Waals surface area contributed by atoms with Crippen molar-refractivity contribution in [2.75, 3.05) is 27.4 Å². The summed E-state index contributed by atoms with van der Waals surface area (Å²) < 4.78 is 66.6. The fraction of sp³-hybridized carbons (Fsp3) is 0.441. The third-order valence-corrected chi connectivity index (χ3v) is 9.82. The molecule has 292 valence electrons. The first kappa shape index (κ1) is 52.1. The molecule has 3 heterocycles. The molecule has 2 aliphatic carbocycles. The zero-order valence-corrected chi connectivity index (χ0v) is 36.2. The molecule has 0 radical (unpaired) electrons. The Balaban J connectivity index is 0.000000855. The average molecular weight is 867 g/mol. The van der Waals surface area contributed by atoms with E-state index in [1.807, 2.05) is 4.57 Å². The molecular formula is C34H40Cl2F4KN4O7S2+. The number of ether oxygens (including phenoxy) is 2. The molecule has 0 amide bonds. The Morgan fingerprint density at radius 2 is 1.50 bits per heavy atom. The van der Waals surface area contributed by atoms with Gasteiger partial charge in [0, 0.05) is 47.8 Å². The summed E-state index contributed by atoms with van der Waals surface area (Å²) in [6.07, 6.45) is 1.15. The van der Waals surface area contributed by atoms with E-state index >= 15 is 0 Å². The van der Waals surface area contributed by atoms with Crippen LogP contribution in [0.3, 0.4) is 0 Å². The van der Waals surface area contributed by atoms with Crippen LogP contribution < -0.4 is 56.7 Å². The number of carbonyl (C=O) groups excluding carboxylic acids is 3. The summed E-state index contributed by atoms with van der Waals surface area (Å²) >= 11 is 8.40. The van der Waals surface area contributed by atoms with Gasteiger partial charge in [-0.05, 0) is 85.4 Å². The SMILES string of the molecule is CCO.COC(=O)CC(=O)C1NC[C@@]2(c3cc(F)ccc3F)C[C@@H]12.COC(=O)Cc1[nH]c(=S)n2c1[C@@H]1C[C@]1(c1cc(F)ccc1F)C2.Cl.Cl.N#CS.O.[K+]. The van der Waals surface area contributed by atoms with Gasteiger partial charge in [-0.2, -0.15) is 5.26 Å². The zero-order valence-electron chi connectivity index (χ0n) is 29.7. The molecule has 1 aromatic heterocycles. The van der Waals surface area contributed by atoms with Crippen molar-refractivity contribution in [1.29, 1.82) is 5.26 Å². The monoisotopic (exact) mass is 865 g/mol. The van der Waals surface area contributed by atoms with Gasteiger partial charge in [-0.25, -0.2) is 17.6 Å². The number of nitriles is 1. The Kier molecular flexibility index (Phi) is 21.4. The summed E-state index contributed by atoms with van der Waals surface area (Å²) in [5.74, 6) is -3.04. The van der Waals surface area contributed by atoms with Gasteiger partial charge in [0.1, 0.15) is 35.1 Å². The van der Waals surface area contributed by atoms with Gasteiger partial charge < -0.3 is 34.9 Å². The van der Waals surface area contributed by atoms with Crippen molar-refractivity contribution in [2.45, 2.75) is 61.9 Å². The minimum atomic E-state index is -0.586. The first-order valence-corrected chi connectivity index (χ1v) is 16.4. The van der Waals surface area contributed by atoms with Crippen LogP contribution in [-0.4, -0.2) is 71.3 Å². The van der Waals surface area contributed by atoms with E-state index in [-0.39, 0.29) is 125 Å². The Bertz CT molecular complexity index is 1900. The Labute approximate surface area is 374 Å². The van der Waals surface area contributed by atoms with Crippen LogP contribution in [0.15, 0.2) is 36.4 Å². The van der Waals surface area contributed by atoms with E-state index in [1.165, 1.54) is 37.8 Å². The maximum atomic E-state index is 14.2. The van der Waals surface area contributed by atoms with Gasteiger partial charge in [0.25, 0.3) is 0 Å². The fourth-order valence-corrected chi connectivity index (χ4v) is 7.46. The Morgan fingerprint density at radius 3 is 1.98 bits per heavy atom. The number of thiocyanates is 1. The number of aliphatic hydroxyl groups excluding tert-OH is 1. The number of rotatable bonds is 7. The number of aromatic nitrogens is 2. The van der Waals surface area contributed by atoms with Crippen LogP contribution in [0, 0.1) is 44.6 Å². The number of Topliss-reactive ketones (excluding diaryl/α,β-unsaturated/α-hetero) is 1. The van der Waals surface area contributed by atoms with Crippen molar-refractivity contribution < 1.29 is 103 Å². The molecule has 5 N–H and O–H groups in total. The molecule has 20 heteroatoms. The van der Waals surface area contributed by atoms with Crippen LogP contribution in [0.1, 0.15) is 54.6 Å². The predicted molar refractivity (Wildman–Crippen MR) is 196 cm³/mol. The minimum Gasteiger partial charge on any atom is -0.469 e. The van der Waals surface area contributed by atoms with Crippen molar-refractivity contribution in [2.24, 2.45) is 5.92 Å². The number of nitrogens with zero attached hydrogens (tertiary/aromatic N) is 2. The normalized spacial score (nSPS) is 22.4. The maximum Gasteiger partial charge on any atom is 1.00 e.